The molecule has 0 aromatic carbocycles. The molecule has 0 bridgehead atoms. The van der Waals surface area contributed by atoms with Gasteiger partial charge >= 0.3 is 5.97 Å². The summed E-state index contributed by atoms with van der Waals surface area (Å²) < 4.78 is 0. The highest BCUT2D eigenvalue weighted by Crippen LogP contribution is 2.73. The number of aliphatic hydroxyl groups is 1. The Kier molecular flexibility index (Phi) is 6.25. The molecule has 4 rings (SSSR count). The van der Waals surface area contributed by atoms with Crippen LogP contribution in [0.3, 0.4) is 0 Å². The number of fused-ring (bicyclic) bond motifs is 5. The summed E-state index contributed by atoms with van der Waals surface area (Å²) in [5, 5.41) is 20.0. The minimum absolute atomic E-state index is 0.00892. The molecule has 2 N–H and O–H groups in total. The highest BCUT2D eigenvalue weighted by molar-refractivity contribution is 5.85. The molecule has 0 aromatic rings. The SMILES string of the molecule is C/C(=C\CC[C@H](C)[C@@H]1CC[C@]2(C)C3=CCC4C(C)(C)[C@@H](O)CC[C@]4(C)C3CC[C@@]12C)C(=O)O. The zero-order valence-corrected chi connectivity index (χ0v) is 22.2. The smallest absolute Gasteiger partial charge is 0.330 e. The van der Waals surface area contributed by atoms with Crippen LogP contribution < -0.4 is 0 Å². The average Bonchev–Trinajstić information content (AvgIpc) is 3.02. The van der Waals surface area contributed by atoms with E-state index in [0.717, 1.165) is 32.1 Å². The molecule has 186 valence electrons. The van der Waals surface area contributed by atoms with Gasteiger partial charge in [-0.05, 0) is 110 Å². The molecule has 0 aromatic heterocycles. The lowest BCUT2D eigenvalue weighted by molar-refractivity contribution is -0.132. The maximum Gasteiger partial charge on any atom is 0.330 e. The van der Waals surface area contributed by atoms with E-state index in [1.807, 2.05) is 6.08 Å². The van der Waals surface area contributed by atoms with Crippen LogP contribution in [0.25, 0.3) is 0 Å². The first-order chi connectivity index (χ1) is 15.3. The topological polar surface area (TPSA) is 57.5 Å². The van der Waals surface area contributed by atoms with E-state index < -0.39 is 5.97 Å². The fourth-order valence-corrected chi connectivity index (χ4v) is 9.50. The largest absolute Gasteiger partial charge is 0.478 e. The van der Waals surface area contributed by atoms with Crippen LogP contribution in [-0.4, -0.2) is 22.3 Å². The van der Waals surface area contributed by atoms with Crippen molar-refractivity contribution in [3.63, 3.8) is 0 Å². The van der Waals surface area contributed by atoms with Crippen LogP contribution >= 0.6 is 0 Å². The van der Waals surface area contributed by atoms with E-state index in [0.29, 0.717) is 40.1 Å². The second kappa shape index (κ2) is 8.25. The van der Waals surface area contributed by atoms with Crippen LogP contribution in [0.1, 0.15) is 106 Å². The van der Waals surface area contributed by atoms with Gasteiger partial charge in [-0.1, -0.05) is 59.3 Å². The van der Waals surface area contributed by atoms with Crippen LogP contribution in [-0.2, 0) is 4.79 Å². The zero-order chi connectivity index (χ0) is 24.4. The fraction of sp³-hybridized carbons (Fsp3) is 0.833. The lowest BCUT2D eigenvalue weighted by atomic mass is 9.41. The van der Waals surface area contributed by atoms with Gasteiger partial charge in [-0.25, -0.2) is 4.79 Å². The fourth-order valence-electron chi connectivity index (χ4n) is 9.50. The summed E-state index contributed by atoms with van der Waals surface area (Å²) >= 11 is 0. The molecular formula is C30H48O3. The molecule has 4 aliphatic rings. The van der Waals surface area contributed by atoms with Crippen molar-refractivity contribution in [2.24, 2.45) is 45.3 Å². The molecule has 3 heteroatoms. The number of hydrogen-bond donors (Lipinski definition) is 2. The second-order valence-corrected chi connectivity index (χ2v) is 13.6. The van der Waals surface area contributed by atoms with Gasteiger partial charge in [0.2, 0.25) is 0 Å². The molecule has 0 radical (unpaired) electrons. The molecule has 3 fully saturated rings. The quantitative estimate of drug-likeness (QED) is 0.335. The third-order valence-electron chi connectivity index (χ3n) is 12.0. The maximum absolute atomic E-state index is 11.1. The van der Waals surface area contributed by atoms with Gasteiger partial charge in [0, 0.05) is 5.57 Å². The Morgan fingerprint density at radius 2 is 1.82 bits per heavy atom. The molecule has 2 unspecified atom stereocenters. The summed E-state index contributed by atoms with van der Waals surface area (Å²) in [6.07, 6.45) is 14.7. The van der Waals surface area contributed by atoms with Crippen molar-refractivity contribution in [1.82, 2.24) is 0 Å². The first-order valence-electron chi connectivity index (χ1n) is 13.6. The number of aliphatic carboxylic acids is 1. The van der Waals surface area contributed by atoms with Crippen molar-refractivity contribution >= 4 is 5.97 Å². The van der Waals surface area contributed by atoms with E-state index in [4.69, 9.17) is 5.11 Å². The Balaban J connectivity index is 1.58. The number of carboxylic acids is 1. The van der Waals surface area contributed by atoms with Gasteiger partial charge in [0.25, 0.3) is 0 Å². The monoisotopic (exact) mass is 456 g/mol. The van der Waals surface area contributed by atoms with Gasteiger partial charge < -0.3 is 10.2 Å². The molecule has 0 spiro atoms. The van der Waals surface area contributed by atoms with Crippen molar-refractivity contribution in [2.75, 3.05) is 0 Å². The zero-order valence-electron chi connectivity index (χ0n) is 22.2. The molecule has 0 heterocycles. The number of rotatable bonds is 5. The van der Waals surface area contributed by atoms with Gasteiger partial charge in [-0.2, -0.15) is 0 Å². The van der Waals surface area contributed by atoms with Crippen molar-refractivity contribution in [3.8, 4) is 0 Å². The van der Waals surface area contributed by atoms with E-state index >= 15 is 0 Å². The molecule has 3 saturated carbocycles. The number of allylic oxidation sites excluding steroid dienone is 3. The maximum atomic E-state index is 11.1. The van der Waals surface area contributed by atoms with Crippen LogP contribution in [0.5, 0.6) is 0 Å². The van der Waals surface area contributed by atoms with Crippen LogP contribution in [0.2, 0.25) is 0 Å². The normalized spacial score (nSPS) is 45.5. The lowest BCUT2D eigenvalue weighted by Gasteiger charge is -2.64. The van der Waals surface area contributed by atoms with Crippen molar-refractivity contribution < 1.29 is 15.0 Å². The van der Waals surface area contributed by atoms with Crippen LogP contribution in [0.4, 0.5) is 0 Å². The Bertz CT molecular complexity index is 853. The summed E-state index contributed by atoms with van der Waals surface area (Å²) in [5.41, 5.74) is 3.13. The summed E-state index contributed by atoms with van der Waals surface area (Å²) in [7, 11) is 0. The Morgan fingerprint density at radius 3 is 2.48 bits per heavy atom. The van der Waals surface area contributed by atoms with Gasteiger partial charge in [-0.15, -0.1) is 0 Å². The third-order valence-corrected chi connectivity index (χ3v) is 12.0. The Hall–Kier alpha value is -1.09. The third kappa shape index (κ3) is 3.58. The van der Waals surface area contributed by atoms with Gasteiger partial charge in [0.05, 0.1) is 6.10 Å². The molecule has 0 aliphatic heterocycles. The average molecular weight is 457 g/mol. The van der Waals surface area contributed by atoms with Crippen LogP contribution in [0, 0.1) is 45.3 Å². The summed E-state index contributed by atoms with van der Waals surface area (Å²) in [5.74, 6) is 1.75. The summed E-state index contributed by atoms with van der Waals surface area (Å²) in [6.45, 7) is 16.5. The van der Waals surface area contributed by atoms with E-state index in [9.17, 15) is 9.90 Å². The first kappa shape index (κ1) is 25.0. The van der Waals surface area contributed by atoms with E-state index in [2.05, 4.69) is 47.6 Å². The minimum Gasteiger partial charge on any atom is -0.478 e. The van der Waals surface area contributed by atoms with Gasteiger partial charge in [0.15, 0.2) is 0 Å². The highest BCUT2D eigenvalue weighted by atomic mass is 16.4. The lowest BCUT2D eigenvalue weighted by Crippen LogP contribution is -2.58. The van der Waals surface area contributed by atoms with Crippen molar-refractivity contribution in [3.05, 3.63) is 23.3 Å². The molecular weight excluding hydrogens is 408 g/mol. The van der Waals surface area contributed by atoms with Gasteiger partial charge in [0.1, 0.15) is 0 Å². The first-order valence-corrected chi connectivity index (χ1v) is 13.6. The second-order valence-electron chi connectivity index (χ2n) is 13.6. The standard InChI is InChI=1S/C30H48O3/c1-19(9-8-10-20(2)26(32)33)21-13-17-30(7)23-11-12-24-27(3,4)25(31)15-16-28(24,5)22(23)14-18-29(21,30)6/h10-11,19,21-22,24-25,31H,8-9,12-18H2,1-7H3,(H,32,33)/b20-10+/t19-,21-,22?,24?,25-,28+,29-,30+/m0/s1. The molecule has 0 saturated heterocycles. The van der Waals surface area contributed by atoms with E-state index in [1.165, 1.54) is 25.7 Å². The van der Waals surface area contributed by atoms with Crippen molar-refractivity contribution in [1.29, 1.82) is 0 Å². The number of hydrogen-bond acceptors (Lipinski definition) is 2. The van der Waals surface area contributed by atoms with Gasteiger partial charge in [-0.3, -0.25) is 0 Å². The predicted octanol–water partition coefficient (Wildman–Crippen LogP) is 7.40. The van der Waals surface area contributed by atoms with Crippen LogP contribution in [0.15, 0.2) is 23.3 Å². The summed E-state index contributed by atoms with van der Waals surface area (Å²) in [4.78, 5) is 11.1. The summed E-state index contributed by atoms with van der Waals surface area (Å²) in [6, 6.07) is 0. The van der Waals surface area contributed by atoms with E-state index in [1.54, 1.807) is 12.5 Å². The molecule has 4 aliphatic carbocycles. The minimum atomic E-state index is -0.796. The van der Waals surface area contributed by atoms with E-state index in [-0.39, 0.29) is 16.9 Å². The molecule has 0 amide bonds. The molecule has 8 atom stereocenters. The molecule has 3 nitrogen and oxygen atoms in total. The Morgan fingerprint density at radius 1 is 1.12 bits per heavy atom. The molecule has 33 heavy (non-hydrogen) atoms. The Labute approximate surface area is 202 Å². The van der Waals surface area contributed by atoms with Crippen molar-refractivity contribution in [2.45, 2.75) is 112 Å². The highest BCUT2D eigenvalue weighted by Gasteiger charge is 2.65. The number of carbonyl (C=O) groups is 1. The predicted molar refractivity (Wildman–Crippen MR) is 135 cm³/mol. The number of carboxylic acid groups (broad SMARTS) is 1. The number of aliphatic hydroxyl groups excluding tert-OH is 1.